The highest BCUT2D eigenvalue weighted by atomic mass is 32.2. The Morgan fingerprint density at radius 2 is 2.10 bits per heavy atom. The zero-order chi connectivity index (χ0) is 23.0. The summed E-state index contributed by atoms with van der Waals surface area (Å²) in [4.78, 5) is 19.3. The number of aromatic nitrogens is 2. The molecule has 2 heterocycles. The molecule has 9 nitrogen and oxygen atoms in total. The summed E-state index contributed by atoms with van der Waals surface area (Å²) in [5.41, 5.74) is 1.24. The third kappa shape index (κ3) is 5.24. The van der Waals surface area contributed by atoms with Gasteiger partial charge in [-0.25, -0.2) is 27.0 Å². The second-order valence-electron chi connectivity index (χ2n) is 7.74. The van der Waals surface area contributed by atoms with E-state index >= 15 is 0 Å². The second kappa shape index (κ2) is 9.08. The molecular formula is C19H28N4O5S3. The van der Waals surface area contributed by atoms with Crippen LogP contribution in [0, 0.1) is 0 Å². The number of hydrogen-bond acceptors (Lipinski definition) is 7. The summed E-state index contributed by atoms with van der Waals surface area (Å²) in [7, 11) is -6.94. The molecule has 172 valence electrons. The number of fused-ring (bicyclic) bond motifs is 1. The molecule has 3 rings (SSSR count). The van der Waals surface area contributed by atoms with Gasteiger partial charge in [0.2, 0.25) is 15.9 Å². The van der Waals surface area contributed by atoms with E-state index in [9.17, 15) is 21.6 Å². The molecule has 2 atom stereocenters. The fraction of sp³-hybridized carbons (Fsp3) is 0.579. The summed E-state index contributed by atoms with van der Waals surface area (Å²) >= 11 is 1.26. The molecule has 1 amide bonds. The number of carbonyl (C=O) groups excluding carboxylic acids is 1. The summed E-state index contributed by atoms with van der Waals surface area (Å²) < 4.78 is 49.0. The lowest BCUT2D eigenvalue weighted by atomic mass is 10.1. The Kier molecular flexibility index (Phi) is 7.04. The van der Waals surface area contributed by atoms with E-state index < -0.39 is 19.9 Å². The lowest BCUT2D eigenvalue weighted by Gasteiger charge is -2.33. The van der Waals surface area contributed by atoms with Gasteiger partial charge >= 0.3 is 0 Å². The Balaban J connectivity index is 1.83. The largest absolute Gasteiger partial charge is 0.335 e. The van der Waals surface area contributed by atoms with E-state index in [2.05, 4.69) is 4.98 Å². The first-order valence-electron chi connectivity index (χ1n) is 10.1. The van der Waals surface area contributed by atoms with Crippen molar-refractivity contribution in [3.63, 3.8) is 0 Å². The molecule has 0 bridgehead atoms. The maximum absolute atomic E-state index is 13.1. The van der Waals surface area contributed by atoms with Crippen molar-refractivity contribution in [3.05, 3.63) is 18.2 Å². The normalized spacial score (nSPS) is 19.5. The summed E-state index contributed by atoms with van der Waals surface area (Å²) in [6.07, 6.45) is 1.20. The Morgan fingerprint density at radius 1 is 1.39 bits per heavy atom. The number of nitrogens with two attached hydrogens (primary N) is 1. The van der Waals surface area contributed by atoms with Gasteiger partial charge in [0.15, 0.2) is 15.0 Å². The Hall–Kier alpha value is -1.63. The molecule has 0 aliphatic carbocycles. The minimum absolute atomic E-state index is 0.0115. The van der Waals surface area contributed by atoms with Crippen LogP contribution in [0.15, 0.2) is 28.3 Å². The van der Waals surface area contributed by atoms with E-state index in [0.29, 0.717) is 23.6 Å². The van der Waals surface area contributed by atoms with Crippen molar-refractivity contribution >= 4 is 48.6 Å². The molecule has 0 radical (unpaired) electrons. The topological polar surface area (TPSA) is 132 Å². The minimum atomic E-state index is -3.84. The van der Waals surface area contributed by atoms with E-state index in [0.717, 1.165) is 11.9 Å². The second-order valence-corrected chi connectivity index (χ2v) is 12.5. The molecular weight excluding hydrogens is 460 g/mol. The Labute approximate surface area is 187 Å². The molecule has 2 N–H and O–H groups in total. The van der Waals surface area contributed by atoms with Crippen LogP contribution in [-0.2, 0) is 31.2 Å². The smallest absolute Gasteiger partial charge is 0.238 e. The molecule has 1 fully saturated rings. The number of thioether (sulfide) groups is 1. The van der Waals surface area contributed by atoms with Gasteiger partial charge in [-0.1, -0.05) is 18.7 Å². The van der Waals surface area contributed by atoms with Gasteiger partial charge in [0, 0.05) is 18.6 Å². The van der Waals surface area contributed by atoms with Crippen molar-refractivity contribution in [3.8, 4) is 0 Å². The van der Waals surface area contributed by atoms with Gasteiger partial charge in [-0.05, 0) is 44.9 Å². The number of benzene rings is 1. The predicted molar refractivity (Wildman–Crippen MR) is 121 cm³/mol. The molecule has 31 heavy (non-hydrogen) atoms. The number of rotatable bonds is 8. The third-order valence-electron chi connectivity index (χ3n) is 5.61. The van der Waals surface area contributed by atoms with Crippen molar-refractivity contribution in [2.45, 2.75) is 62.3 Å². The molecule has 1 aliphatic heterocycles. The maximum atomic E-state index is 13.1. The SMILES string of the molecule is CCC(C)N(C(=O)CSc1nc2cc(S(N)(=O)=O)ccc2n1CC)C1CCS(=O)(=O)C1. The molecule has 0 saturated carbocycles. The van der Waals surface area contributed by atoms with Crippen LogP contribution >= 0.6 is 11.8 Å². The van der Waals surface area contributed by atoms with E-state index in [1.807, 2.05) is 25.3 Å². The van der Waals surface area contributed by atoms with Crippen LogP contribution in [0.25, 0.3) is 11.0 Å². The lowest BCUT2D eigenvalue weighted by Crippen LogP contribution is -2.47. The lowest BCUT2D eigenvalue weighted by molar-refractivity contribution is -0.132. The summed E-state index contributed by atoms with van der Waals surface area (Å²) in [6.45, 7) is 6.44. The van der Waals surface area contributed by atoms with E-state index in [1.54, 1.807) is 11.0 Å². The van der Waals surface area contributed by atoms with Crippen LogP contribution in [0.1, 0.15) is 33.6 Å². The predicted octanol–water partition coefficient (Wildman–Crippen LogP) is 1.61. The molecule has 0 spiro atoms. The van der Waals surface area contributed by atoms with Crippen LogP contribution in [0.4, 0.5) is 0 Å². The Bertz CT molecular complexity index is 1190. The number of imidazole rings is 1. The van der Waals surface area contributed by atoms with E-state index in [4.69, 9.17) is 5.14 Å². The summed E-state index contributed by atoms with van der Waals surface area (Å²) in [5, 5.41) is 5.81. The van der Waals surface area contributed by atoms with Gasteiger partial charge in [-0.3, -0.25) is 4.79 Å². The average Bonchev–Trinajstić information content (AvgIpc) is 3.23. The zero-order valence-corrected chi connectivity index (χ0v) is 20.3. The average molecular weight is 489 g/mol. The van der Waals surface area contributed by atoms with Crippen LogP contribution < -0.4 is 5.14 Å². The van der Waals surface area contributed by atoms with Crippen molar-refractivity contribution in [1.29, 1.82) is 0 Å². The monoisotopic (exact) mass is 488 g/mol. The Morgan fingerprint density at radius 3 is 2.65 bits per heavy atom. The standard InChI is InChI=1S/C19H28N4O5S3/c1-4-13(3)23(14-8-9-30(25,26)12-14)18(24)11-29-19-21-16-10-15(31(20,27)28)6-7-17(16)22(19)5-2/h6-7,10,13-14H,4-5,8-9,11-12H2,1-3H3,(H2,20,27,28). The summed E-state index contributed by atoms with van der Waals surface area (Å²) in [6, 6.07) is 4.17. The first-order valence-corrected chi connectivity index (χ1v) is 14.5. The molecule has 2 aromatic rings. The van der Waals surface area contributed by atoms with Gasteiger partial charge in [0.05, 0.1) is 33.2 Å². The van der Waals surface area contributed by atoms with Crippen molar-refractivity contribution in [2.75, 3.05) is 17.3 Å². The molecule has 1 aromatic carbocycles. The van der Waals surface area contributed by atoms with Gasteiger partial charge in [-0.2, -0.15) is 0 Å². The fourth-order valence-electron chi connectivity index (χ4n) is 3.88. The molecule has 2 unspecified atom stereocenters. The molecule has 1 aliphatic rings. The number of primary sulfonamides is 1. The summed E-state index contributed by atoms with van der Waals surface area (Å²) in [5.74, 6) is 0.119. The fourth-order valence-corrected chi connectivity index (χ4v) is 7.07. The third-order valence-corrected chi connectivity index (χ3v) is 9.23. The first-order chi connectivity index (χ1) is 14.5. The van der Waals surface area contributed by atoms with Crippen molar-refractivity contribution in [2.24, 2.45) is 5.14 Å². The van der Waals surface area contributed by atoms with E-state index in [-0.39, 0.29) is 40.1 Å². The van der Waals surface area contributed by atoms with Crippen molar-refractivity contribution in [1.82, 2.24) is 14.5 Å². The van der Waals surface area contributed by atoms with Gasteiger partial charge < -0.3 is 9.47 Å². The van der Waals surface area contributed by atoms with Gasteiger partial charge in [0.1, 0.15) is 0 Å². The quantitative estimate of drug-likeness (QED) is 0.558. The maximum Gasteiger partial charge on any atom is 0.238 e. The van der Waals surface area contributed by atoms with Crippen LogP contribution in [0.2, 0.25) is 0 Å². The number of amides is 1. The molecule has 12 heteroatoms. The zero-order valence-electron chi connectivity index (χ0n) is 17.8. The van der Waals surface area contributed by atoms with Gasteiger partial charge in [0.25, 0.3) is 0 Å². The number of aryl methyl sites for hydroxylation is 1. The number of sulfonamides is 1. The number of hydrogen-bond donors (Lipinski definition) is 1. The van der Waals surface area contributed by atoms with Crippen molar-refractivity contribution < 1.29 is 21.6 Å². The minimum Gasteiger partial charge on any atom is -0.335 e. The highest BCUT2D eigenvalue weighted by Crippen LogP contribution is 2.28. The highest BCUT2D eigenvalue weighted by molar-refractivity contribution is 7.99. The molecule has 1 aromatic heterocycles. The number of carbonyl (C=O) groups is 1. The molecule has 1 saturated heterocycles. The van der Waals surface area contributed by atoms with Crippen LogP contribution in [0.5, 0.6) is 0 Å². The first kappa shape index (κ1) is 24.0. The van der Waals surface area contributed by atoms with Crippen LogP contribution in [0.3, 0.4) is 0 Å². The van der Waals surface area contributed by atoms with E-state index in [1.165, 1.54) is 23.9 Å². The van der Waals surface area contributed by atoms with Gasteiger partial charge in [-0.15, -0.1) is 0 Å². The number of sulfone groups is 1. The highest BCUT2D eigenvalue weighted by Gasteiger charge is 2.36. The van der Waals surface area contributed by atoms with Crippen LogP contribution in [-0.4, -0.2) is 66.5 Å². The number of nitrogens with zero attached hydrogens (tertiary/aromatic N) is 3.